The molecule has 1 amide bonds. The fraction of sp³-hybridized carbons (Fsp3) is 0.625. The van der Waals surface area contributed by atoms with Crippen molar-refractivity contribution >= 4 is 11.7 Å². The number of carbonyl (C=O) groups is 2. The second-order valence-electron chi connectivity index (χ2n) is 6.23. The van der Waals surface area contributed by atoms with Crippen LogP contribution in [0.15, 0.2) is 22.8 Å². The second kappa shape index (κ2) is 7.41. The molecule has 1 rings (SSSR count). The van der Waals surface area contributed by atoms with Crippen molar-refractivity contribution in [1.82, 2.24) is 5.32 Å². The van der Waals surface area contributed by atoms with Gasteiger partial charge in [-0.15, -0.1) is 0 Å². The van der Waals surface area contributed by atoms with E-state index in [0.29, 0.717) is 25.0 Å². The SMILES string of the molecule is CC(=O)CCC(C)(C)C(=O)NC(C)CC(O)c1ccco1. The van der Waals surface area contributed by atoms with Gasteiger partial charge >= 0.3 is 0 Å². The summed E-state index contributed by atoms with van der Waals surface area (Å²) in [4.78, 5) is 23.3. The van der Waals surface area contributed by atoms with Gasteiger partial charge in [-0.25, -0.2) is 0 Å². The van der Waals surface area contributed by atoms with Gasteiger partial charge in [0.25, 0.3) is 0 Å². The summed E-state index contributed by atoms with van der Waals surface area (Å²) in [5.41, 5.74) is -0.602. The normalized spacial score (nSPS) is 14.5. The highest BCUT2D eigenvalue weighted by Gasteiger charge is 2.29. The van der Waals surface area contributed by atoms with E-state index < -0.39 is 11.5 Å². The quantitative estimate of drug-likeness (QED) is 0.772. The summed E-state index contributed by atoms with van der Waals surface area (Å²) in [6.45, 7) is 7.00. The molecule has 1 heterocycles. The molecule has 0 saturated heterocycles. The first-order chi connectivity index (χ1) is 9.72. The number of carbonyl (C=O) groups excluding carboxylic acids is 2. The zero-order valence-corrected chi connectivity index (χ0v) is 13.2. The Kier molecular flexibility index (Phi) is 6.15. The number of aliphatic hydroxyl groups excluding tert-OH is 1. The third-order valence-corrected chi connectivity index (χ3v) is 3.54. The van der Waals surface area contributed by atoms with Gasteiger partial charge < -0.3 is 19.6 Å². The van der Waals surface area contributed by atoms with Crippen molar-refractivity contribution in [3.63, 3.8) is 0 Å². The molecule has 0 spiro atoms. The largest absolute Gasteiger partial charge is 0.467 e. The van der Waals surface area contributed by atoms with Gasteiger partial charge in [0.1, 0.15) is 17.6 Å². The number of rotatable bonds is 8. The Morgan fingerprint density at radius 1 is 1.43 bits per heavy atom. The van der Waals surface area contributed by atoms with Crippen LogP contribution >= 0.6 is 0 Å². The van der Waals surface area contributed by atoms with Crippen LogP contribution in [-0.2, 0) is 9.59 Å². The van der Waals surface area contributed by atoms with Crippen LogP contribution < -0.4 is 5.32 Å². The molecule has 0 fully saturated rings. The molecule has 5 heteroatoms. The predicted octanol–water partition coefficient (Wildman–Crippen LogP) is 2.60. The molecule has 0 saturated carbocycles. The van der Waals surface area contributed by atoms with Crippen molar-refractivity contribution in [3.05, 3.63) is 24.2 Å². The van der Waals surface area contributed by atoms with E-state index in [4.69, 9.17) is 4.42 Å². The van der Waals surface area contributed by atoms with E-state index in [9.17, 15) is 14.7 Å². The summed E-state index contributed by atoms with van der Waals surface area (Å²) in [7, 11) is 0. The van der Waals surface area contributed by atoms with Crippen LogP contribution in [0.3, 0.4) is 0 Å². The van der Waals surface area contributed by atoms with E-state index in [2.05, 4.69) is 5.32 Å². The van der Waals surface area contributed by atoms with Gasteiger partial charge in [-0.2, -0.15) is 0 Å². The Labute approximate surface area is 125 Å². The van der Waals surface area contributed by atoms with Gasteiger partial charge in [-0.05, 0) is 32.4 Å². The molecule has 2 atom stereocenters. The summed E-state index contributed by atoms with van der Waals surface area (Å²) in [5.74, 6) is 0.465. The van der Waals surface area contributed by atoms with Crippen LogP contribution in [0.1, 0.15) is 58.8 Å². The third-order valence-electron chi connectivity index (χ3n) is 3.54. The number of hydrogen-bond donors (Lipinski definition) is 2. The maximum absolute atomic E-state index is 12.2. The second-order valence-corrected chi connectivity index (χ2v) is 6.23. The molecule has 0 aromatic carbocycles. The summed E-state index contributed by atoms with van der Waals surface area (Å²) in [6.07, 6.45) is 2.05. The lowest BCUT2D eigenvalue weighted by Crippen LogP contribution is -2.42. The average Bonchev–Trinajstić information content (AvgIpc) is 2.90. The van der Waals surface area contributed by atoms with Gasteiger partial charge in [0.2, 0.25) is 5.91 Å². The van der Waals surface area contributed by atoms with Gasteiger partial charge in [0.05, 0.1) is 6.26 Å². The molecule has 1 aromatic rings. The Morgan fingerprint density at radius 2 is 2.10 bits per heavy atom. The van der Waals surface area contributed by atoms with Crippen LogP contribution in [0.5, 0.6) is 0 Å². The molecule has 2 unspecified atom stereocenters. The van der Waals surface area contributed by atoms with Crippen molar-refractivity contribution in [2.45, 2.75) is 59.1 Å². The maximum atomic E-state index is 12.2. The minimum absolute atomic E-state index is 0.0807. The highest BCUT2D eigenvalue weighted by molar-refractivity contribution is 5.83. The predicted molar refractivity (Wildman–Crippen MR) is 79.6 cm³/mol. The number of hydrogen-bond acceptors (Lipinski definition) is 4. The van der Waals surface area contributed by atoms with Gasteiger partial charge in [-0.1, -0.05) is 13.8 Å². The monoisotopic (exact) mass is 295 g/mol. The first kappa shape index (κ1) is 17.4. The molecule has 21 heavy (non-hydrogen) atoms. The molecule has 1 aromatic heterocycles. The molecular weight excluding hydrogens is 270 g/mol. The number of furan rings is 1. The molecule has 118 valence electrons. The van der Waals surface area contributed by atoms with E-state index in [-0.39, 0.29) is 17.7 Å². The van der Waals surface area contributed by atoms with Crippen LogP contribution in [-0.4, -0.2) is 22.8 Å². The summed E-state index contributed by atoms with van der Waals surface area (Å²) < 4.78 is 5.13. The lowest BCUT2D eigenvalue weighted by Gasteiger charge is -2.26. The Balaban J connectivity index is 2.47. The molecule has 0 bridgehead atoms. The molecule has 0 aliphatic rings. The topological polar surface area (TPSA) is 79.5 Å². The van der Waals surface area contributed by atoms with E-state index >= 15 is 0 Å². The molecule has 0 aliphatic carbocycles. The van der Waals surface area contributed by atoms with E-state index in [1.807, 2.05) is 20.8 Å². The Bertz CT molecular complexity index is 465. The molecule has 0 aliphatic heterocycles. The standard InChI is InChI=1S/C16H25NO4/c1-11(10-13(19)14-6-5-9-21-14)17-15(20)16(3,4)8-7-12(2)18/h5-6,9,11,13,19H,7-8,10H2,1-4H3,(H,17,20). The fourth-order valence-corrected chi connectivity index (χ4v) is 2.01. The van der Waals surface area contributed by atoms with Crippen LogP contribution in [0.4, 0.5) is 0 Å². The van der Waals surface area contributed by atoms with Crippen LogP contribution in [0.2, 0.25) is 0 Å². The minimum Gasteiger partial charge on any atom is -0.467 e. The zero-order chi connectivity index (χ0) is 16.0. The highest BCUT2D eigenvalue weighted by atomic mass is 16.4. The average molecular weight is 295 g/mol. The first-order valence-electron chi connectivity index (χ1n) is 7.24. The lowest BCUT2D eigenvalue weighted by atomic mass is 9.85. The van der Waals surface area contributed by atoms with Crippen molar-refractivity contribution in [1.29, 1.82) is 0 Å². The summed E-state index contributed by atoms with van der Waals surface area (Å²) >= 11 is 0. The van der Waals surface area contributed by atoms with Crippen molar-refractivity contribution in [3.8, 4) is 0 Å². The first-order valence-corrected chi connectivity index (χ1v) is 7.24. The summed E-state index contributed by atoms with van der Waals surface area (Å²) in [6, 6.07) is 3.23. The van der Waals surface area contributed by atoms with E-state index in [1.165, 1.54) is 13.2 Å². The van der Waals surface area contributed by atoms with Crippen molar-refractivity contribution < 1.29 is 19.1 Å². The van der Waals surface area contributed by atoms with Gasteiger partial charge in [0, 0.05) is 24.3 Å². The fourth-order valence-electron chi connectivity index (χ4n) is 2.01. The molecule has 5 nitrogen and oxygen atoms in total. The van der Waals surface area contributed by atoms with Crippen molar-refractivity contribution in [2.75, 3.05) is 0 Å². The number of aliphatic hydroxyl groups is 1. The summed E-state index contributed by atoms with van der Waals surface area (Å²) in [5, 5.41) is 12.9. The molecule has 0 radical (unpaired) electrons. The number of nitrogens with one attached hydrogen (secondary N) is 1. The highest BCUT2D eigenvalue weighted by Crippen LogP contribution is 2.24. The van der Waals surface area contributed by atoms with E-state index in [1.54, 1.807) is 12.1 Å². The number of ketones is 1. The molecule has 2 N–H and O–H groups in total. The van der Waals surface area contributed by atoms with Gasteiger partial charge in [-0.3, -0.25) is 4.79 Å². The maximum Gasteiger partial charge on any atom is 0.225 e. The Morgan fingerprint density at radius 3 is 2.62 bits per heavy atom. The minimum atomic E-state index is -0.740. The smallest absolute Gasteiger partial charge is 0.225 e. The van der Waals surface area contributed by atoms with Crippen LogP contribution in [0.25, 0.3) is 0 Å². The number of Topliss-reactive ketones (excluding diaryl/α,β-unsaturated/α-hetero) is 1. The third kappa shape index (κ3) is 5.71. The number of amides is 1. The van der Waals surface area contributed by atoms with E-state index in [0.717, 1.165) is 0 Å². The zero-order valence-electron chi connectivity index (χ0n) is 13.2. The lowest BCUT2D eigenvalue weighted by molar-refractivity contribution is -0.131. The van der Waals surface area contributed by atoms with Crippen LogP contribution in [0, 0.1) is 5.41 Å². The van der Waals surface area contributed by atoms with Gasteiger partial charge in [0.15, 0.2) is 0 Å². The van der Waals surface area contributed by atoms with Crippen molar-refractivity contribution in [2.24, 2.45) is 5.41 Å². The Hall–Kier alpha value is -1.62. The molecular formula is C16H25NO4.